The molecule has 32 heavy (non-hydrogen) atoms. The van der Waals surface area contributed by atoms with Gasteiger partial charge in [0.25, 0.3) is 0 Å². The second-order valence-corrected chi connectivity index (χ2v) is 7.09. The number of nitrogens with zero attached hydrogens (tertiary/aromatic N) is 5. The molecule has 0 radical (unpaired) electrons. The van der Waals surface area contributed by atoms with E-state index in [9.17, 15) is 8.78 Å². The van der Waals surface area contributed by atoms with Gasteiger partial charge in [-0.25, -0.2) is 18.7 Å². The normalized spacial score (nSPS) is 10.9. The molecule has 0 aliphatic carbocycles. The van der Waals surface area contributed by atoms with Crippen LogP contribution in [-0.4, -0.2) is 25.1 Å². The summed E-state index contributed by atoms with van der Waals surface area (Å²) in [4.78, 5) is 13.7. The molecule has 0 aliphatic rings. The van der Waals surface area contributed by atoms with Crippen molar-refractivity contribution in [2.45, 2.75) is 6.54 Å². The van der Waals surface area contributed by atoms with Crippen molar-refractivity contribution < 1.29 is 8.78 Å². The number of hydrogen-bond acceptors (Lipinski definition) is 6. The lowest BCUT2D eigenvalue weighted by Crippen LogP contribution is -2.05. The molecule has 5 aromatic rings. The van der Waals surface area contributed by atoms with Crippen LogP contribution in [0.4, 0.5) is 14.6 Å². The summed E-state index contributed by atoms with van der Waals surface area (Å²) in [6.07, 6.45) is 4.89. The number of nitrogens with one attached hydrogen (secondary N) is 1. The summed E-state index contributed by atoms with van der Waals surface area (Å²) in [7, 11) is 0. The number of rotatable bonds is 5. The fourth-order valence-electron chi connectivity index (χ4n) is 3.39. The second kappa shape index (κ2) is 8.43. The summed E-state index contributed by atoms with van der Waals surface area (Å²) < 4.78 is 27.5. The minimum Gasteiger partial charge on any atom is -0.364 e. The highest BCUT2D eigenvalue weighted by Crippen LogP contribution is 2.30. The summed E-state index contributed by atoms with van der Waals surface area (Å²) >= 11 is 0. The van der Waals surface area contributed by atoms with E-state index in [0.29, 0.717) is 40.2 Å². The average molecular weight is 426 g/mol. The second-order valence-electron chi connectivity index (χ2n) is 7.09. The summed E-state index contributed by atoms with van der Waals surface area (Å²) in [5.74, 6) is -0.206. The first-order chi connectivity index (χ1) is 15.7. The van der Waals surface area contributed by atoms with Crippen molar-refractivity contribution in [1.82, 2.24) is 25.1 Å². The van der Waals surface area contributed by atoms with Gasteiger partial charge in [0, 0.05) is 23.2 Å². The summed E-state index contributed by atoms with van der Waals surface area (Å²) in [6, 6.07) is 16.3. The molecule has 3 aromatic heterocycles. The van der Waals surface area contributed by atoms with E-state index in [1.807, 2.05) is 24.3 Å². The van der Waals surface area contributed by atoms with Crippen LogP contribution >= 0.6 is 0 Å². The topological polar surface area (TPSA) is 76.5 Å². The monoisotopic (exact) mass is 426 g/mol. The molecule has 0 amide bonds. The standard InChI is InChI=1S/C24H16F2N6/c25-18-9-17(10-19(26)12-18)15-4-5-22-21(11-15)24(28-14-20-3-1-2-7-27-20)32-23(31-22)16-6-8-29-30-13-16/h1-13H,14H2,(H,28,31,32). The van der Waals surface area contributed by atoms with Crippen LogP contribution in [0.5, 0.6) is 0 Å². The van der Waals surface area contributed by atoms with Crippen molar-refractivity contribution in [2.75, 3.05) is 5.32 Å². The Labute approximate surface area is 182 Å². The lowest BCUT2D eigenvalue weighted by Gasteiger charge is -2.12. The molecule has 1 N–H and O–H groups in total. The van der Waals surface area contributed by atoms with E-state index in [1.165, 1.54) is 12.1 Å². The van der Waals surface area contributed by atoms with Crippen LogP contribution in [0.15, 0.2) is 79.3 Å². The number of hydrogen-bond donors (Lipinski definition) is 1. The minimum atomic E-state index is -0.634. The first-order valence-electron chi connectivity index (χ1n) is 9.85. The zero-order chi connectivity index (χ0) is 21.9. The van der Waals surface area contributed by atoms with E-state index >= 15 is 0 Å². The fraction of sp³-hybridized carbons (Fsp3) is 0.0417. The quantitative estimate of drug-likeness (QED) is 0.424. The van der Waals surface area contributed by atoms with Gasteiger partial charge >= 0.3 is 0 Å². The van der Waals surface area contributed by atoms with Crippen molar-refractivity contribution in [3.8, 4) is 22.5 Å². The third kappa shape index (κ3) is 4.11. The van der Waals surface area contributed by atoms with Crippen LogP contribution < -0.4 is 5.32 Å². The van der Waals surface area contributed by atoms with E-state index in [4.69, 9.17) is 4.98 Å². The Morgan fingerprint density at radius 2 is 1.62 bits per heavy atom. The van der Waals surface area contributed by atoms with Crippen LogP contribution in [0.2, 0.25) is 0 Å². The molecule has 156 valence electrons. The molecule has 0 atom stereocenters. The molecule has 0 unspecified atom stereocenters. The number of anilines is 1. The van der Waals surface area contributed by atoms with Crippen LogP contribution in [0, 0.1) is 11.6 Å². The van der Waals surface area contributed by atoms with E-state index in [0.717, 1.165) is 17.3 Å². The zero-order valence-electron chi connectivity index (χ0n) is 16.7. The van der Waals surface area contributed by atoms with Gasteiger partial charge in [-0.2, -0.15) is 10.2 Å². The number of pyridine rings is 1. The van der Waals surface area contributed by atoms with Crippen LogP contribution in [0.3, 0.4) is 0 Å². The molecule has 8 heteroatoms. The maximum atomic E-state index is 13.8. The zero-order valence-corrected chi connectivity index (χ0v) is 16.7. The third-order valence-corrected chi connectivity index (χ3v) is 4.90. The van der Waals surface area contributed by atoms with Gasteiger partial charge in [0.1, 0.15) is 17.5 Å². The molecule has 2 aromatic carbocycles. The molecular formula is C24H16F2N6. The molecule has 0 saturated heterocycles. The molecule has 0 spiro atoms. The van der Waals surface area contributed by atoms with E-state index in [2.05, 4.69) is 25.5 Å². The van der Waals surface area contributed by atoms with Gasteiger partial charge in [-0.3, -0.25) is 4.98 Å². The molecule has 3 heterocycles. The van der Waals surface area contributed by atoms with Crippen LogP contribution in [0.25, 0.3) is 33.4 Å². The summed E-state index contributed by atoms with van der Waals surface area (Å²) in [5.41, 5.74) is 3.32. The van der Waals surface area contributed by atoms with Crippen LogP contribution in [-0.2, 0) is 6.54 Å². The highest BCUT2D eigenvalue weighted by Gasteiger charge is 2.12. The maximum absolute atomic E-state index is 13.8. The predicted molar refractivity (Wildman–Crippen MR) is 117 cm³/mol. The average Bonchev–Trinajstić information content (AvgIpc) is 2.82. The summed E-state index contributed by atoms with van der Waals surface area (Å²) in [5, 5.41) is 11.7. The smallest absolute Gasteiger partial charge is 0.163 e. The molecule has 5 rings (SSSR count). The Kier molecular flexibility index (Phi) is 5.17. The Morgan fingerprint density at radius 3 is 2.38 bits per heavy atom. The highest BCUT2D eigenvalue weighted by molar-refractivity contribution is 5.94. The summed E-state index contributed by atoms with van der Waals surface area (Å²) in [6.45, 7) is 0.444. The van der Waals surface area contributed by atoms with E-state index in [1.54, 1.807) is 36.8 Å². The lowest BCUT2D eigenvalue weighted by atomic mass is 10.0. The Bertz CT molecular complexity index is 1370. The van der Waals surface area contributed by atoms with E-state index in [-0.39, 0.29) is 0 Å². The first kappa shape index (κ1) is 19.6. The van der Waals surface area contributed by atoms with Crippen molar-refractivity contribution in [3.05, 3.63) is 96.6 Å². The van der Waals surface area contributed by atoms with Crippen LogP contribution in [0.1, 0.15) is 5.69 Å². The molecule has 6 nitrogen and oxygen atoms in total. The Morgan fingerprint density at radius 1 is 0.750 bits per heavy atom. The number of aromatic nitrogens is 5. The Balaban J connectivity index is 1.62. The fourth-order valence-corrected chi connectivity index (χ4v) is 3.39. The maximum Gasteiger partial charge on any atom is 0.163 e. The highest BCUT2D eigenvalue weighted by atomic mass is 19.1. The molecule has 0 aliphatic heterocycles. The van der Waals surface area contributed by atoms with Gasteiger partial charge < -0.3 is 5.32 Å². The molecule has 0 bridgehead atoms. The largest absolute Gasteiger partial charge is 0.364 e. The van der Waals surface area contributed by atoms with Gasteiger partial charge in [0.15, 0.2) is 5.82 Å². The van der Waals surface area contributed by atoms with Crippen molar-refractivity contribution in [2.24, 2.45) is 0 Å². The molecular weight excluding hydrogens is 410 g/mol. The SMILES string of the molecule is Fc1cc(F)cc(-c2ccc3nc(-c4ccnnc4)nc(NCc4ccccn4)c3c2)c1. The molecule has 0 saturated carbocycles. The number of fused-ring (bicyclic) bond motifs is 1. The van der Waals surface area contributed by atoms with Crippen molar-refractivity contribution in [1.29, 1.82) is 0 Å². The van der Waals surface area contributed by atoms with E-state index < -0.39 is 11.6 Å². The number of benzene rings is 2. The van der Waals surface area contributed by atoms with Crippen molar-refractivity contribution >= 4 is 16.7 Å². The van der Waals surface area contributed by atoms with Gasteiger partial charge in [0.05, 0.1) is 30.1 Å². The molecule has 0 fully saturated rings. The van der Waals surface area contributed by atoms with Gasteiger partial charge in [-0.1, -0.05) is 12.1 Å². The van der Waals surface area contributed by atoms with Gasteiger partial charge in [-0.05, 0) is 53.6 Å². The van der Waals surface area contributed by atoms with Gasteiger partial charge in [-0.15, -0.1) is 0 Å². The Hall–Kier alpha value is -4.33. The third-order valence-electron chi connectivity index (χ3n) is 4.90. The predicted octanol–water partition coefficient (Wildman–Crippen LogP) is 5.04. The lowest BCUT2D eigenvalue weighted by molar-refractivity contribution is 0.584. The van der Waals surface area contributed by atoms with Gasteiger partial charge in [0.2, 0.25) is 0 Å². The van der Waals surface area contributed by atoms with Crippen molar-refractivity contribution in [3.63, 3.8) is 0 Å². The minimum absolute atomic E-state index is 0.433. The first-order valence-corrected chi connectivity index (χ1v) is 9.85. The number of halogens is 2.